The molecule has 0 spiro atoms. The summed E-state index contributed by atoms with van der Waals surface area (Å²) >= 11 is 1.47. The molecular formula is C10H17NO2S. The smallest absolute Gasteiger partial charge is 0.221 e. The van der Waals surface area contributed by atoms with Gasteiger partial charge in [-0.15, -0.1) is 11.8 Å². The fourth-order valence-electron chi connectivity index (χ4n) is 0.779. The molecule has 0 saturated carbocycles. The van der Waals surface area contributed by atoms with Crippen LogP contribution in [0.1, 0.15) is 34.6 Å². The second-order valence-electron chi connectivity index (χ2n) is 4.01. The van der Waals surface area contributed by atoms with Crippen molar-refractivity contribution in [2.24, 2.45) is 0 Å². The number of amides is 1. The van der Waals surface area contributed by atoms with Gasteiger partial charge in [0, 0.05) is 17.7 Å². The molecule has 0 saturated heterocycles. The highest BCUT2D eigenvalue weighted by molar-refractivity contribution is 8.04. The largest absolute Gasteiger partial charge is 0.321 e. The van der Waals surface area contributed by atoms with Crippen LogP contribution >= 0.6 is 11.8 Å². The summed E-state index contributed by atoms with van der Waals surface area (Å²) in [7, 11) is 0. The van der Waals surface area contributed by atoms with Crippen LogP contribution in [-0.4, -0.2) is 16.4 Å². The Morgan fingerprint density at radius 2 is 1.71 bits per heavy atom. The number of ketones is 1. The van der Waals surface area contributed by atoms with Crippen LogP contribution in [-0.2, 0) is 9.59 Å². The number of carbonyl (C=O) groups is 2. The van der Waals surface area contributed by atoms with Crippen LogP contribution in [0.5, 0.6) is 0 Å². The summed E-state index contributed by atoms with van der Waals surface area (Å²) in [5.74, 6) is -0.222. The average molecular weight is 215 g/mol. The minimum Gasteiger partial charge on any atom is -0.321 e. The standard InChI is InChI=1S/C10H17NO2S/c1-7(12)6-9(11-8(2)13)14-10(3,4)5/h6H,1-5H3,(H,11,13). The molecule has 0 aliphatic carbocycles. The Kier molecular flexibility index (Phi) is 4.91. The zero-order valence-corrected chi connectivity index (χ0v) is 10.1. The van der Waals surface area contributed by atoms with E-state index in [1.54, 1.807) is 0 Å². The van der Waals surface area contributed by atoms with E-state index in [1.165, 1.54) is 31.7 Å². The molecule has 4 heteroatoms. The van der Waals surface area contributed by atoms with E-state index in [2.05, 4.69) is 5.32 Å². The fraction of sp³-hybridized carbons (Fsp3) is 0.600. The second-order valence-corrected chi connectivity index (χ2v) is 5.88. The van der Waals surface area contributed by atoms with Gasteiger partial charge in [-0.25, -0.2) is 0 Å². The van der Waals surface area contributed by atoms with Crippen molar-refractivity contribution in [2.45, 2.75) is 39.4 Å². The first-order chi connectivity index (χ1) is 6.20. The van der Waals surface area contributed by atoms with Gasteiger partial charge in [0.25, 0.3) is 0 Å². The minimum atomic E-state index is -0.158. The summed E-state index contributed by atoms with van der Waals surface area (Å²) in [5, 5.41) is 3.24. The predicted octanol–water partition coefficient (Wildman–Crippen LogP) is 2.08. The lowest BCUT2D eigenvalue weighted by Crippen LogP contribution is -2.21. The number of thioether (sulfide) groups is 1. The van der Waals surface area contributed by atoms with Gasteiger partial charge in [0.05, 0.1) is 5.03 Å². The first-order valence-corrected chi connectivity index (χ1v) is 5.21. The van der Waals surface area contributed by atoms with Gasteiger partial charge in [0.1, 0.15) is 0 Å². The van der Waals surface area contributed by atoms with Crippen LogP contribution in [0, 0.1) is 0 Å². The first-order valence-electron chi connectivity index (χ1n) is 4.39. The van der Waals surface area contributed by atoms with Crippen molar-refractivity contribution in [3.63, 3.8) is 0 Å². The zero-order valence-electron chi connectivity index (χ0n) is 9.30. The number of hydrogen-bond acceptors (Lipinski definition) is 3. The molecule has 0 atom stereocenters. The molecule has 0 bridgehead atoms. The van der Waals surface area contributed by atoms with Crippen molar-refractivity contribution in [2.75, 3.05) is 0 Å². The molecule has 1 amide bonds. The van der Waals surface area contributed by atoms with Gasteiger partial charge in [-0.05, 0) is 6.92 Å². The van der Waals surface area contributed by atoms with E-state index in [-0.39, 0.29) is 16.4 Å². The predicted molar refractivity (Wildman–Crippen MR) is 59.9 cm³/mol. The molecule has 0 aromatic heterocycles. The van der Waals surface area contributed by atoms with Crippen LogP contribution in [0.4, 0.5) is 0 Å². The van der Waals surface area contributed by atoms with Crippen molar-refractivity contribution in [3.8, 4) is 0 Å². The summed E-state index contributed by atoms with van der Waals surface area (Å²) in [6, 6.07) is 0. The maximum absolute atomic E-state index is 10.9. The van der Waals surface area contributed by atoms with E-state index in [9.17, 15) is 9.59 Å². The van der Waals surface area contributed by atoms with Crippen molar-refractivity contribution in [1.82, 2.24) is 5.32 Å². The Labute approximate surface area is 89.3 Å². The molecule has 3 nitrogen and oxygen atoms in total. The normalized spacial score (nSPS) is 12.5. The molecule has 0 heterocycles. The minimum absolute atomic E-state index is 0.0241. The van der Waals surface area contributed by atoms with Crippen LogP contribution < -0.4 is 5.32 Å². The molecule has 1 N–H and O–H groups in total. The molecule has 0 aromatic carbocycles. The molecule has 0 aliphatic heterocycles. The van der Waals surface area contributed by atoms with Gasteiger partial charge in [-0.1, -0.05) is 20.8 Å². The van der Waals surface area contributed by atoms with Gasteiger partial charge in [0.15, 0.2) is 5.78 Å². The zero-order chi connectivity index (χ0) is 11.4. The summed E-state index contributed by atoms with van der Waals surface area (Å²) < 4.78 is -0.0241. The Morgan fingerprint density at radius 1 is 1.21 bits per heavy atom. The molecule has 0 rings (SSSR count). The summed E-state index contributed by atoms with van der Waals surface area (Å²) in [6.07, 6.45) is 1.44. The van der Waals surface area contributed by atoms with Crippen LogP contribution in [0.2, 0.25) is 0 Å². The third-order valence-corrected chi connectivity index (χ3v) is 2.10. The van der Waals surface area contributed by atoms with Gasteiger partial charge < -0.3 is 5.32 Å². The van der Waals surface area contributed by atoms with Crippen molar-refractivity contribution in [3.05, 3.63) is 11.1 Å². The monoisotopic (exact) mass is 215 g/mol. The summed E-state index contributed by atoms with van der Waals surface area (Å²) in [6.45, 7) is 8.95. The van der Waals surface area contributed by atoms with Crippen LogP contribution in [0.15, 0.2) is 11.1 Å². The van der Waals surface area contributed by atoms with Crippen LogP contribution in [0.3, 0.4) is 0 Å². The number of rotatable bonds is 3. The molecule has 0 aliphatic rings. The molecule has 0 unspecified atom stereocenters. The number of nitrogens with one attached hydrogen (secondary N) is 1. The second kappa shape index (κ2) is 5.20. The maximum atomic E-state index is 10.9. The molecule has 14 heavy (non-hydrogen) atoms. The molecule has 0 aromatic rings. The quantitative estimate of drug-likeness (QED) is 0.733. The first kappa shape index (κ1) is 13.2. The van der Waals surface area contributed by atoms with E-state index in [0.29, 0.717) is 5.03 Å². The van der Waals surface area contributed by atoms with Gasteiger partial charge in [0.2, 0.25) is 5.91 Å². The highest BCUT2D eigenvalue weighted by atomic mass is 32.2. The lowest BCUT2D eigenvalue weighted by molar-refractivity contribution is -0.118. The van der Waals surface area contributed by atoms with E-state index in [1.807, 2.05) is 20.8 Å². The molecule has 0 radical (unpaired) electrons. The third-order valence-electron chi connectivity index (χ3n) is 1.05. The Balaban J connectivity index is 4.57. The van der Waals surface area contributed by atoms with E-state index in [0.717, 1.165) is 0 Å². The lowest BCUT2D eigenvalue weighted by atomic mass is 10.3. The number of hydrogen-bond donors (Lipinski definition) is 1. The van der Waals surface area contributed by atoms with Crippen LogP contribution in [0.25, 0.3) is 0 Å². The average Bonchev–Trinajstić information content (AvgIpc) is 1.77. The summed E-state index contributed by atoms with van der Waals surface area (Å²) in [5.41, 5.74) is 0. The third kappa shape index (κ3) is 7.86. The lowest BCUT2D eigenvalue weighted by Gasteiger charge is -2.19. The Hall–Kier alpha value is -0.770. The van der Waals surface area contributed by atoms with Gasteiger partial charge in [-0.3, -0.25) is 9.59 Å². The maximum Gasteiger partial charge on any atom is 0.221 e. The molecule has 0 fully saturated rings. The van der Waals surface area contributed by atoms with Crippen molar-refractivity contribution >= 4 is 23.5 Å². The SMILES string of the molecule is CC(=O)C=C(NC(C)=O)SC(C)(C)C. The van der Waals surface area contributed by atoms with E-state index >= 15 is 0 Å². The number of allylic oxidation sites excluding steroid dienone is 1. The van der Waals surface area contributed by atoms with E-state index in [4.69, 9.17) is 0 Å². The highest BCUT2D eigenvalue weighted by Crippen LogP contribution is 2.29. The molecule has 80 valence electrons. The van der Waals surface area contributed by atoms with Gasteiger partial charge in [-0.2, -0.15) is 0 Å². The molecular weight excluding hydrogens is 198 g/mol. The topological polar surface area (TPSA) is 46.2 Å². The Morgan fingerprint density at radius 3 is 2.00 bits per heavy atom. The fourth-order valence-corrected chi connectivity index (χ4v) is 1.86. The van der Waals surface area contributed by atoms with E-state index < -0.39 is 0 Å². The number of carbonyl (C=O) groups excluding carboxylic acids is 2. The van der Waals surface area contributed by atoms with Gasteiger partial charge >= 0.3 is 0 Å². The van der Waals surface area contributed by atoms with Crippen molar-refractivity contribution < 1.29 is 9.59 Å². The highest BCUT2D eigenvalue weighted by Gasteiger charge is 2.15. The summed E-state index contributed by atoms with van der Waals surface area (Å²) in [4.78, 5) is 21.7. The van der Waals surface area contributed by atoms with Crippen molar-refractivity contribution in [1.29, 1.82) is 0 Å². The Bertz CT molecular complexity index is 264.